The number of nitrogens with zero attached hydrogens (tertiary/aromatic N) is 1. The molecular weight excluding hydrogens is 273 g/mol. The maximum absolute atomic E-state index is 10.9. The van der Waals surface area contributed by atoms with Crippen molar-refractivity contribution in [3.63, 3.8) is 0 Å². The summed E-state index contributed by atoms with van der Waals surface area (Å²) in [5.41, 5.74) is -0.938. The molecule has 0 radical (unpaired) electrons. The second-order valence-corrected chi connectivity index (χ2v) is 5.89. The van der Waals surface area contributed by atoms with E-state index in [1.807, 2.05) is 27.7 Å². The van der Waals surface area contributed by atoms with E-state index in [2.05, 4.69) is 4.98 Å². The van der Waals surface area contributed by atoms with Crippen molar-refractivity contribution in [2.75, 3.05) is 0 Å². The summed E-state index contributed by atoms with van der Waals surface area (Å²) in [6.07, 6.45) is 2.89. The Hall–Kier alpha value is -1.86. The molecule has 0 aliphatic carbocycles. The van der Waals surface area contributed by atoms with Crippen LogP contribution in [0.4, 0.5) is 0 Å². The van der Waals surface area contributed by atoms with Gasteiger partial charge in [-0.1, -0.05) is 12.1 Å². The highest BCUT2D eigenvalue weighted by atomic mass is 16.7. The zero-order chi connectivity index (χ0) is 15.8. The lowest BCUT2D eigenvalue weighted by Gasteiger charge is -2.32. The Balaban J connectivity index is 2.20. The number of rotatable bonds is 3. The molecule has 0 unspecified atom stereocenters. The standard InChI is InChI=1S/C14H18BNO5/c1-13(2)14(3,4)21-15(20-13)7-5-9-6-8-16-10(11(9)17)12(18)19/h5-8,17H,1-4H3,(H,18,19)/b7-5+. The topological polar surface area (TPSA) is 88.9 Å². The van der Waals surface area contributed by atoms with Gasteiger partial charge in [0.2, 0.25) is 0 Å². The molecule has 2 heterocycles. The SMILES string of the molecule is CC1(C)OB(/C=C/c2ccnc(C(=O)O)c2O)OC1(C)C. The number of aromatic carboxylic acids is 1. The van der Waals surface area contributed by atoms with E-state index in [-0.39, 0.29) is 11.4 Å². The van der Waals surface area contributed by atoms with Crippen LogP contribution in [-0.2, 0) is 9.31 Å². The van der Waals surface area contributed by atoms with Crippen LogP contribution in [0.2, 0.25) is 0 Å². The first kappa shape index (κ1) is 15.5. The molecule has 7 heteroatoms. The number of hydrogen-bond donors (Lipinski definition) is 2. The van der Waals surface area contributed by atoms with Gasteiger partial charge in [-0.15, -0.1) is 0 Å². The van der Waals surface area contributed by atoms with Crippen molar-refractivity contribution < 1.29 is 24.3 Å². The largest absolute Gasteiger partial charge is 0.505 e. The quantitative estimate of drug-likeness (QED) is 0.829. The van der Waals surface area contributed by atoms with Crippen molar-refractivity contribution in [2.45, 2.75) is 38.9 Å². The Bertz CT molecular complexity index is 581. The van der Waals surface area contributed by atoms with Crippen LogP contribution in [0.15, 0.2) is 18.2 Å². The average molecular weight is 291 g/mol. The van der Waals surface area contributed by atoms with E-state index >= 15 is 0 Å². The molecular formula is C14H18BNO5. The molecule has 1 aromatic rings. The lowest BCUT2D eigenvalue weighted by atomic mass is 9.89. The third-order valence-electron chi connectivity index (χ3n) is 3.86. The molecule has 2 N–H and O–H groups in total. The average Bonchev–Trinajstić information content (AvgIpc) is 2.56. The minimum Gasteiger partial charge on any atom is -0.505 e. The zero-order valence-electron chi connectivity index (χ0n) is 12.5. The highest BCUT2D eigenvalue weighted by Crippen LogP contribution is 2.37. The summed E-state index contributed by atoms with van der Waals surface area (Å²) in [4.78, 5) is 14.5. The molecule has 1 aromatic heterocycles. The lowest BCUT2D eigenvalue weighted by molar-refractivity contribution is 0.00578. The normalized spacial score (nSPS) is 20.1. The van der Waals surface area contributed by atoms with Gasteiger partial charge < -0.3 is 19.5 Å². The lowest BCUT2D eigenvalue weighted by Crippen LogP contribution is -2.41. The molecule has 6 nitrogen and oxygen atoms in total. The number of aromatic hydroxyl groups is 1. The smallest absolute Gasteiger partial charge is 0.487 e. The molecule has 2 rings (SSSR count). The van der Waals surface area contributed by atoms with Crippen molar-refractivity contribution in [1.29, 1.82) is 0 Å². The predicted molar refractivity (Wildman–Crippen MR) is 78.0 cm³/mol. The van der Waals surface area contributed by atoms with Crippen molar-refractivity contribution >= 4 is 19.2 Å². The summed E-state index contributed by atoms with van der Waals surface area (Å²) < 4.78 is 11.6. The predicted octanol–water partition coefficient (Wildman–Crippen LogP) is 2.13. The highest BCUT2D eigenvalue weighted by molar-refractivity contribution is 6.52. The fourth-order valence-electron chi connectivity index (χ4n) is 1.91. The first-order valence-corrected chi connectivity index (χ1v) is 6.59. The van der Waals surface area contributed by atoms with E-state index in [1.54, 1.807) is 12.1 Å². The second-order valence-electron chi connectivity index (χ2n) is 5.89. The number of carboxylic acid groups (broad SMARTS) is 1. The second kappa shape index (κ2) is 5.16. The van der Waals surface area contributed by atoms with E-state index in [9.17, 15) is 9.90 Å². The summed E-state index contributed by atoms with van der Waals surface area (Å²) in [6.45, 7) is 7.75. The van der Waals surface area contributed by atoms with E-state index in [0.717, 1.165) is 0 Å². The third kappa shape index (κ3) is 2.93. The number of carbonyl (C=O) groups is 1. The Kier molecular flexibility index (Phi) is 3.82. The van der Waals surface area contributed by atoms with Crippen LogP contribution >= 0.6 is 0 Å². The Morgan fingerprint density at radius 1 is 1.29 bits per heavy atom. The van der Waals surface area contributed by atoms with Gasteiger partial charge in [-0.2, -0.15) is 0 Å². The summed E-state index contributed by atoms with van der Waals surface area (Å²) >= 11 is 0. The molecule has 21 heavy (non-hydrogen) atoms. The van der Waals surface area contributed by atoms with Crippen molar-refractivity contribution in [3.05, 3.63) is 29.5 Å². The van der Waals surface area contributed by atoms with Gasteiger partial charge in [0.25, 0.3) is 0 Å². The minimum absolute atomic E-state index is 0.345. The number of hydrogen-bond acceptors (Lipinski definition) is 5. The Morgan fingerprint density at radius 2 is 1.86 bits per heavy atom. The molecule has 0 saturated carbocycles. The molecule has 1 fully saturated rings. The van der Waals surface area contributed by atoms with Gasteiger partial charge >= 0.3 is 13.1 Å². The minimum atomic E-state index is -1.28. The maximum Gasteiger partial charge on any atom is 0.487 e. The van der Waals surface area contributed by atoms with Gasteiger partial charge in [-0.3, -0.25) is 0 Å². The molecule has 1 aliphatic heterocycles. The zero-order valence-corrected chi connectivity index (χ0v) is 12.5. The molecule has 0 spiro atoms. The van der Waals surface area contributed by atoms with Crippen LogP contribution in [0.5, 0.6) is 5.75 Å². The van der Waals surface area contributed by atoms with E-state index in [1.165, 1.54) is 12.3 Å². The fourth-order valence-corrected chi connectivity index (χ4v) is 1.91. The van der Waals surface area contributed by atoms with Gasteiger partial charge in [0.1, 0.15) is 0 Å². The van der Waals surface area contributed by atoms with Crippen LogP contribution < -0.4 is 0 Å². The van der Waals surface area contributed by atoms with Gasteiger partial charge in [-0.25, -0.2) is 9.78 Å². The molecule has 1 saturated heterocycles. The first-order valence-electron chi connectivity index (χ1n) is 6.59. The third-order valence-corrected chi connectivity index (χ3v) is 3.86. The van der Waals surface area contributed by atoms with Crippen LogP contribution in [0.25, 0.3) is 6.08 Å². The van der Waals surface area contributed by atoms with Gasteiger partial charge in [0.05, 0.1) is 11.2 Å². The van der Waals surface area contributed by atoms with Crippen LogP contribution in [-0.4, -0.2) is 39.5 Å². The monoisotopic (exact) mass is 291 g/mol. The molecule has 0 bridgehead atoms. The molecule has 1 aliphatic rings. The summed E-state index contributed by atoms with van der Waals surface area (Å²) in [6, 6.07) is 1.52. The molecule has 0 amide bonds. The molecule has 112 valence electrons. The summed E-state index contributed by atoms with van der Waals surface area (Å²) in [5.74, 6) is -0.0202. The molecule has 0 aromatic carbocycles. The first-order chi connectivity index (χ1) is 9.64. The van der Waals surface area contributed by atoms with Crippen LogP contribution in [0, 0.1) is 0 Å². The summed E-state index contributed by atoms with van der Waals surface area (Å²) in [7, 11) is -0.559. The maximum atomic E-state index is 10.9. The van der Waals surface area contributed by atoms with Gasteiger partial charge in [0, 0.05) is 11.8 Å². The van der Waals surface area contributed by atoms with Crippen molar-refractivity contribution in [3.8, 4) is 5.75 Å². The van der Waals surface area contributed by atoms with Gasteiger partial charge in [-0.05, 0) is 33.8 Å². The summed E-state index contributed by atoms with van der Waals surface area (Å²) in [5, 5.41) is 18.8. The van der Waals surface area contributed by atoms with E-state index < -0.39 is 24.3 Å². The highest BCUT2D eigenvalue weighted by Gasteiger charge is 2.50. The van der Waals surface area contributed by atoms with Gasteiger partial charge in [0.15, 0.2) is 11.4 Å². The number of pyridine rings is 1. The van der Waals surface area contributed by atoms with Crippen molar-refractivity contribution in [1.82, 2.24) is 4.98 Å². The van der Waals surface area contributed by atoms with E-state index in [0.29, 0.717) is 5.56 Å². The van der Waals surface area contributed by atoms with Crippen LogP contribution in [0.3, 0.4) is 0 Å². The number of aromatic nitrogens is 1. The molecule has 0 atom stereocenters. The Labute approximate surface area is 123 Å². The van der Waals surface area contributed by atoms with E-state index in [4.69, 9.17) is 14.4 Å². The fraction of sp³-hybridized carbons (Fsp3) is 0.429. The number of carboxylic acids is 1. The van der Waals surface area contributed by atoms with Crippen molar-refractivity contribution in [2.24, 2.45) is 0 Å². The Morgan fingerprint density at radius 3 is 2.38 bits per heavy atom. The van der Waals surface area contributed by atoms with Crippen LogP contribution in [0.1, 0.15) is 43.7 Å².